The van der Waals surface area contributed by atoms with E-state index in [2.05, 4.69) is 108 Å². The van der Waals surface area contributed by atoms with Gasteiger partial charge in [-0.2, -0.15) is 20.0 Å². The zero-order valence-corrected chi connectivity index (χ0v) is 27.2. The highest BCUT2D eigenvalue weighted by Crippen LogP contribution is 2.70. The first-order valence-electron chi connectivity index (χ1n) is 14.4. The van der Waals surface area contributed by atoms with Crippen molar-refractivity contribution >= 4 is 44.8 Å². The predicted octanol–water partition coefficient (Wildman–Crippen LogP) is 8.78. The van der Waals surface area contributed by atoms with E-state index >= 15 is 0 Å². The number of amides is 1. The summed E-state index contributed by atoms with van der Waals surface area (Å²) in [5.74, 6) is 0.645. The molecule has 1 aliphatic carbocycles. The molecule has 228 valence electrons. The molecule has 43 heavy (non-hydrogen) atoms. The van der Waals surface area contributed by atoms with Crippen molar-refractivity contribution in [3.05, 3.63) is 84.3 Å². The average molecular weight is 622 g/mol. The van der Waals surface area contributed by atoms with Crippen LogP contribution in [0.4, 0.5) is 10.7 Å². The molecule has 1 saturated carbocycles. The molecule has 0 bridgehead atoms. The molecular formula is C33H40ClN5O3S. The third-order valence-electron chi connectivity index (χ3n) is 7.59. The molecule has 0 unspecified atom stereocenters. The number of aromatic nitrogens is 4. The number of imidazole rings is 1. The Balaban J connectivity index is 1.41. The molecule has 1 N–H and O–H groups in total. The summed E-state index contributed by atoms with van der Waals surface area (Å²) < 4.78 is 14.1. The van der Waals surface area contributed by atoms with Gasteiger partial charge in [0.25, 0.3) is 0 Å². The standard InChI is InChI=1S/C33H40ClN5O3S/c1-22-18-23(41-21-43(33(5,6)7,24-14-10-8-11-15-24)25-16-12-9-13-17-25)19-26(22)39-20-35-27-28(34)36-30(37-29(27)39)38-31(40)42-32(2,3)4/h8-17,20,23,26H,1,18-19,21H2,2-7H3,(H,36,37,38,40)/t23-,26+/m1/s1. The van der Waals surface area contributed by atoms with Gasteiger partial charge in [-0.15, -0.1) is 0 Å². The van der Waals surface area contributed by atoms with Crippen molar-refractivity contribution in [1.82, 2.24) is 19.5 Å². The molecule has 2 aromatic heterocycles. The Labute approximate surface area is 260 Å². The van der Waals surface area contributed by atoms with Crippen LogP contribution in [0.2, 0.25) is 5.15 Å². The number of rotatable bonds is 7. The average Bonchev–Trinajstić information content (AvgIpc) is 3.51. The second-order valence-corrected chi connectivity index (χ2v) is 17.0. The Bertz CT molecular complexity index is 1570. The van der Waals surface area contributed by atoms with Gasteiger partial charge in [0.2, 0.25) is 5.95 Å². The molecule has 0 radical (unpaired) electrons. The summed E-state index contributed by atoms with van der Waals surface area (Å²) >= 11 is 6.46. The summed E-state index contributed by atoms with van der Waals surface area (Å²) in [7, 11) is -1.58. The lowest BCUT2D eigenvalue weighted by atomic mass is 10.2. The van der Waals surface area contributed by atoms with Crippen LogP contribution in [0.5, 0.6) is 0 Å². The van der Waals surface area contributed by atoms with E-state index in [9.17, 15) is 4.79 Å². The van der Waals surface area contributed by atoms with E-state index in [-0.39, 0.29) is 28.0 Å². The van der Waals surface area contributed by atoms with Crippen molar-refractivity contribution in [2.45, 2.75) is 86.7 Å². The minimum atomic E-state index is -1.58. The van der Waals surface area contributed by atoms with Crippen LogP contribution < -0.4 is 5.32 Å². The van der Waals surface area contributed by atoms with Gasteiger partial charge in [-0.1, -0.05) is 80.9 Å². The van der Waals surface area contributed by atoms with Gasteiger partial charge in [0, 0.05) is 4.75 Å². The van der Waals surface area contributed by atoms with Gasteiger partial charge in [0.05, 0.1) is 24.4 Å². The number of nitrogens with zero attached hydrogens (tertiary/aromatic N) is 4. The number of benzene rings is 2. The number of hydrogen-bond acceptors (Lipinski definition) is 6. The highest BCUT2D eigenvalue weighted by molar-refractivity contribution is 8.34. The Hall–Kier alpha value is -3.40. The molecule has 2 aromatic carbocycles. The lowest BCUT2D eigenvalue weighted by Gasteiger charge is -2.51. The number of halogens is 1. The Kier molecular flexibility index (Phi) is 8.62. The van der Waals surface area contributed by atoms with Crippen LogP contribution in [-0.2, 0) is 9.47 Å². The van der Waals surface area contributed by atoms with Gasteiger partial charge in [0.1, 0.15) is 11.1 Å². The number of carbonyl (C=O) groups is 1. The van der Waals surface area contributed by atoms with Gasteiger partial charge >= 0.3 is 6.09 Å². The first-order chi connectivity index (χ1) is 20.3. The van der Waals surface area contributed by atoms with Crippen molar-refractivity contribution in [1.29, 1.82) is 0 Å². The van der Waals surface area contributed by atoms with Crippen LogP contribution in [0.1, 0.15) is 60.4 Å². The third-order valence-corrected chi connectivity index (χ3v) is 12.6. The van der Waals surface area contributed by atoms with Gasteiger partial charge in [-0.25, -0.2) is 9.78 Å². The van der Waals surface area contributed by atoms with E-state index in [1.165, 1.54) is 9.79 Å². The minimum absolute atomic E-state index is 0.0340. The fourth-order valence-electron chi connectivity index (χ4n) is 5.59. The zero-order chi connectivity index (χ0) is 31.0. The van der Waals surface area contributed by atoms with E-state index in [1.54, 1.807) is 27.1 Å². The van der Waals surface area contributed by atoms with E-state index in [1.807, 2.05) is 4.57 Å². The molecule has 0 aliphatic heterocycles. The Morgan fingerprint density at radius 2 is 1.63 bits per heavy atom. The number of carbonyl (C=O) groups excluding carboxylic acids is 1. The first kappa shape index (κ1) is 31.0. The molecule has 2 atom stereocenters. The number of hydrogen-bond donors (Lipinski definition) is 1. The molecule has 4 aromatic rings. The number of anilines is 1. The fraction of sp³-hybridized carbons (Fsp3) is 0.394. The van der Waals surface area contributed by atoms with E-state index < -0.39 is 21.7 Å². The number of nitrogens with one attached hydrogen (secondary N) is 1. The maximum atomic E-state index is 12.4. The first-order valence-corrected chi connectivity index (χ1v) is 16.6. The number of ether oxygens (including phenoxy) is 2. The molecule has 0 spiro atoms. The Morgan fingerprint density at radius 3 is 2.19 bits per heavy atom. The molecule has 8 nitrogen and oxygen atoms in total. The monoisotopic (exact) mass is 621 g/mol. The van der Waals surface area contributed by atoms with Gasteiger partial charge in [-0.05, 0) is 67.7 Å². The zero-order valence-electron chi connectivity index (χ0n) is 25.6. The maximum absolute atomic E-state index is 12.4. The molecule has 5 rings (SSSR count). The largest absolute Gasteiger partial charge is 0.444 e. The number of fused-ring (bicyclic) bond motifs is 1. The van der Waals surface area contributed by atoms with Crippen LogP contribution in [0.3, 0.4) is 0 Å². The molecular weight excluding hydrogens is 582 g/mol. The summed E-state index contributed by atoms with van der Waals surface area (Å²) in [6, 6.07) is 21.4. The van der Waals surface area contributed by atoms with Gasteiger partial charge in [-0.3, -0.25) is 5.32 Å². The van der Waals surface area contributed by atoms with Crippen molar-refractivity contribution in [2.24, 2.45) is 0 Å². The second-order valence-electron chi connectivity index (χ2n) is 12.8. The maximum Gasteiger partial charge on any atom is 0.414 e. The molecule has 2 heterocycles. The van der Waals surface area contributed by atoms with Gasteiger partial charge < -0.3 is 14.0 Å². The second kappa shape index (κ2) is 11.9. The topological polar surface area (TPSA) is 91.2 Å². The highest BCUT2D eigenvalue weighted by Gasteiger charge is 2.42. The lowest BCUT2D eigenvalue weighted by Crippen LogP contribution is -2.30. The summed E-state index contributed by atoms with van der Waals surface area (Å²) in [6.07, 6.45) is 2.45. The van der Waals surface area contributed by atoms with Crippen molar-refractivity contribution in [3.63, 3.8) is 0 Å². The Morgan fingerprint density at radius 1 is 1.02 bits per heavy atom. The SMILES string of the molecule is C=C1C[C@@H](OCS(c2ccccc2)(c2ccccc2)C(C)(C)C)C[C@@H]1n1cnc2c(Cl)nc(NC(=O)OC(C)(C)C)nc21. The van der Waals surface area contributed by atoms with Crippen molar-refractivity contribution in [2.75, 3.05) is 11.3 Å². The van der Waals surface area contributed by atoms with Crippen LogP contribution in [0.25, 0.3) is 11.2 Å². The summed E-state index contributed by atoms with van der Waals surface area (Å²) in [6.45, 7) is 16.7. The predicted molar refractivity (Wildman–Crippen MR) is 174 cm³/mol. The molecule has 1 aliphatic rings. The quantitative estimate of drug-likeness (QED) is 0.164. The molecule has 1 fully saturated rings. The van der Waals surface area contributed by atoms with E-state index in [0.29, 0.717) is 23.5 Å². The van der Waals surface area contributed by atoms with E-state index in [0.717, 1.165) is 12.0 Å². The van der Waals surface area contributed by atoms with Crippen LogP contribution >= 0.6 is 21.6 Å². The lowest BCUT2D eigenvalue weighted by molar-refractivity contribution is 0.0634. The van der Waals surface area contributed by atoms with Crippen LogP contribution in [0, 0.1) is 0 Å². The van der Waals surface area contributed by atoms with Crippen molar-refractivity contribution in [3.8, 4) is 0 Å². The molecule has 10 heteroatoms. The minimum Gasteiger partial charge on any atom is -0.444 e. The van der Waals surface area contributed by atoms with Gasteiger partial charge in [0.15, 0.2) is 10.8 Å². The summed E-state index contributed by atoms with van der Waals surface area (Å²) in [5.41, 5.74) is 1.33. The highest BCUT2D eigenvalue weighted by atomic mass is 35.5. The van der Waals surface area contributed by atoms with Crippen LogP contribution in [-0.4, -0.2) is 48.0 Å². The molecule has 0 saturated heterocycles. The smallest absolute Gasteiger partial charge is 0.414 e. The third kappa shape index (κ3) is 6.44. The fourth-order valence-corrected chi connectivity index (χ4v) is 9.75. The van der Waals surface area contributed by atoms with E-state index in [4.69, 9.17) is 21.1 Å². The molecule has 1 amide bonds. The summed E-state index contributed by atoms with van der Waals surface area (Å²) in [5, 5.41) is 2.74. The summed E-state index contributed by atoms with van der Waals surface area (Å²) in [4.78, 5) is 28.2. The van der Waals surface area contributed by atoms with Crippen molar-refractivity contribution < 1.29 is 14.3 Å². The normalized spacial score (nSPS) is 18.2. The van der Waals surface area contributed by atoms with Crippen LogP contribution in [0.15, 0.2) is 88.9 Å².